The van der Waals surface area contributed by atoms with Crippen molar-refractivity contribution in [2.45, 2.75) is 45.2 Å². The van der Waals surface area contributed by atoms with E-state index >= 15 is 0 Å². The van der Waals surface area contributed by atoms with Gasteiger partial charge in [0, 0.05) is 18.6 Å². The number of H-pyrrole nitrogens is 1. The summed E-state index contributed by atoms with van der Waals surface area (Å²) < 4.78 is 0.513. The van der Waals surface area contributed by atoms with Crippen LogP contribution in [0.3, 0.4) is 0 Å². The van der Waals surface area contributed by atoms with Crippen molar-refractivity contribution < 1.29 is 0 Å². The van der Waals surface area contributed by atoms with Gasteiger partial charge in [0.25, 0.3) is 5.56 Å². The van der Waals surface area contributed by atoms with Crippen molar-refractivity contribution >= 4 is 21.7 Å². The predicted octanol–water partition coefficient (Wildman–Crippen LogP) is 1.89. The Hall–Kier alpha value is -0.880. The molecule has 0 radical (unpaired) electrons. The third-order valence-corrected chi connectivity index (χ3v) is 4.22. The number of nitrogens with one attached hydrogen (secondary N) is 2. The molecule has 0 spiro atoms. The van der Waals surface area contributed by atoms with Gasteiger partial charge in [-0.05, 0) is 49.2 Å². The molecule has 1 aromatic heterocycles. The Balaban J connectivity index is 2.19. The first-order chi connectivity index (χ1) is 9.09. The van der Waals surface area contributed by atoms with Gasteiger partial charge < -0.3 is 15.2 Å². The summed E-state index contributed by atoms with van der Waals surface area (Å²) >= 11 is 3.35. The lowest BCUT2D eigenvalue weighted by Gasteiger charge is -2.34. The quantitative estimate of drug-likeness (QED) is 0.886. The highest BCUT2D eigenvalue weighted by Gasteiger charge is 2.22. The molecule has 6 heteroatoms. The molecule has 1 aromatic rings. The minimum absolute atomic E-state index is 0.132. The number of piperidine rings is 1. The van der Waals surface area contributed by atoms with Crippen LogP contribution >= 0.6 is 15.9 Å². The van der Waals surface area contributed by atoms with Gasteiger partial charge in [0.1, 0.15) is 4.47 Å². The molecule has 1 unspecified atom stereocenters. The standard InChI is InChI=1S/C13H21BrN4O/c1-9(2)18(7-10-5-3-4-6-15-10)12-11(14)13(19)17-8-16-12/h8-10,15H,3-7H2,1-2H3,(H,16,17,19). The maximum Gasteiger partial charge on any atom is 0.267 e. The second-order valence-electron chi connectivity index (χ2n) is 5.26. The van der Waals surface area contributed by atoms with E-state index in [9.17, 15) is 4.79 Å². The Morgan fingerprint density at radius 1 is 1.53 bits per heavy atom. The van der Waals surface area contributed by atoms with E-state index in [0.29, 0.717) is 16.6 Å². The number of aromatic nitrogens is 2. The van der Waals surface area contributed by atoms with E-state index in [2.05, 4.69) is 50.0 Å². The first-order valence-corrected chi connectivity index (χ1v) is 7.62. The van der Waals surface area contributed by atoms with Gasteiger partial charge in [-0.2, -0.15) is 0 Å². The summed E-state index contributed by atoms with van der Waals surface area (Å²) in [4.78, 5) is 20.8. The van der Waals surface area contributed by atoms with Gasteiger partial charge in [0.15, 0.2) is 5.82 Å². The third kappa shape index (κ3) is 3.57. The van der Waals surface area contributed by atoms with Gasteiger partial charge in [0.05, 0.1) is 6.33 Å². The molecule has 0 aliphatic carbocycles. The number of rotatable bonds is 4. The van der Waals surface area contributed by atoms with Crippen LogP contribution in [0.1, 0.15) is 33.1 Å². The van der Waals surface area contributed by atoms with Crippen molar-refractivity contribution in [3.8, 4) is 0 Å². The fraction of sp³-hybridized carbons (Fsp3) is 0.692. The third-order valence-electron chi connectivity index (χ3n) is 3.50. The monoisotopic (exact) mass is 328 g/mol. The highest BCUT2D eigenvalue weighted by molar-refractivity contribution is 9.10. The zero-order valence-corrected chi connectivity index (χ0v) is 13.0. The molecule has 0 amide bonds. The van der Waals surface area contributed by atoms with Crippen molar-refractivity contribution in [2.75, 3.05) is 18.0 Å². The van der Waals surface area contributed by atoms with Crippen LogP contribution in [0.4, 0.5) is 5.82 Å². The van der Waals surface area contributed by atoms with Crippen molar-refractivity contribution in [2.24, 2.45) is 0 Å². The summed E-state index contributed by atoms with van der Waals surface area (Å²) in [5.41, 5.74) is -0.132. The van der Waals surface area contributed by atoms with Gasteiger partial charge in [-0.1, -0.05) is 6.42 Å². The highest BCUT2D eigenvalue weighted by Crippen LogP contribution is 2.22. The van der Waals surface area contributed by atoms with Crippen molar-refractivity contribution in [3.05, 3.63) is 21.2 Å². The molecule has 19 heavy (non-hydrogen) atoms. The fourth-order valence-electron chi connectivity index (χ4n) is 2.43. The predicted molar refractivity (Wildman–Crippen MR) is 80.7 cm³/mol. The highest BCUT2D eigenvalue weighted by atomic mass is 79.9. The molecule has 1 aliphatic heterocycles. The van der Waals surface area contributed by atoms with Gasteiger partial charge in [-0.3, -0.25) is 4.79 Å². The smallest absolute Gasteiger partial charge is 0.267 e. The summed E-state index contributed by atoms with van der Waals surface area (Å²) in [5.74, 6) is 0.728. The Bertz CT molecular complexity index is 468. The van der Waals surface area contributed by atoms with Gasteiger partial charge >= 0.3 is 0 Å². The van der Waals surface area contributed by atoms with Crippen molar-refractivity contribution in [1.29, 1.82) is 0 Å². The van der Waals surface area contributed by atoms with Gasteiger partial charge in [-0.25, -0.2) is 4.98 Å². The molecular formula is C13H21BrN4O. The largest absolute Gasteiger partial charge is 0.351 e. The Morgan fingerprint density at radius 2 is 2.32 bits per heavy atom. The van der Waals surface area contributed by atoms with Crippen LogP contribution in [0.15, 0.2) is 15.6 Å². The van der Waals surface area contributed by atoms with E-state index in [1.54, 1.807) is 0 Å². The molecule has 1 atom stereocenters. The molecule has 1 fully saturated rings. The fourth-order valence-corrected chi connectivity index (χ4v) is 2.88. The first-order valence-electron chi connectivity index (χ1n) is 6.83. The van der Waals surface area contributed by atoms with Crippen LogP contribution in [0.25, 0.3) is 0 Å². The van der Waals surface area contributed by atoms with Gasteiger partial charge in [0.2, 0.25) is 0 Å². The zero-order chi connectivity index (χ0) is 13.8. The Labute approximate surface area is 121 Å². The second-order valence-corrected chi connectivity index (χ2v) is 6.06. The average Bonchev–Trinajstić information content (AvgIpc) is 2.40. The van der Waals surface area contributed by atoms with Crippen LogP contribution in [0.2, 0.25) is 0 Å². The number of anilines is 1. The Kier molecular flexibility index (Phi) is 4.99. The van der Waals surface area contributed by atoms with E-state index in [1.807, 2.05) is 0 Å². The normalized spacial score (nSPS) is 19.7. The summed E-state index contributed by atoms with van der Waals surface area (Å²) in [6.07, 6.45) is 5.18. The van der Waals surface area contributed by atoms with Crippen LogP contribution in [-0.2, 0) is 0 Å². The molecule has 5 nitrogen and oxygen atoms in total. The SMILES string of the molecule is CC(C)N(CC1CCCCN1)c1nc[nH]c(=O)c1Br. The minimum atomic E-state index is -0.132. The first kappa shape index (κ1) is 14.5. The van der Waals surface area contributed by atoms with E-state index in [1.165, 1.54) is 25.6 Å². The lowest BCUT2D eigenvalue weighted by molar-refractivity contribution is 0.392. The molecule has 2 N–H and O–H groups in total. The molecule has 106 valence electrons. The lowest BCUT2D eigenvalue weighted by atomic mass is 10.0. The maximum absolute atomic E-state index is 11.7. The topological polar surface area (TPSA) is 61.0 Å². The summed E-state index contributed by atoms with van der Waals surface area (Å²) in [6.45, 7) is 6.21. The number of nitrogens with zero attached hydrogens (tertiary/aromatic N) is 2. The van der Waals surface area contributed by atoms with Crippen LogP contribution in [0.5, 0.6) is 0 Å². The summed E-state index contributed by atoms with van der Waals surface area (Å²) in [5, 5.41) is 3.54. The molecule has 0 bridgehead atoms. The summed E-state index contributed by atoms with van der Waals surface area (Å²) in [6, 6.07) is 0.776. The molecule has 2 rings (SSSR count). The van der Waals surface area contributed by atoms with E-state index in [0.717, 1.165) is 18.9 Å². The lowest BCUT2D eigenvalue weighted by Crippen LogP contribution is -2.46. The van der Waals surface area contributed by atoms with Crippen molar-refractivity contribution in [1.82, 2.24) is 15.3 Å². The molecule has 1 aliphatic rings. The summed E-state index contributed by atoms with van der Waals surface area (Å²) in [7, 11) is 0. The van der Waals surface area contributed by atoms with Crippen molar-refractivity contribution in [3.63, 3.8) is 0 Å². The van der Waals surface area contributed by atoms with E-state index in [4.69, 9.17) is 0 Å². The molecule has 0 saturated carbocycles. The number of halogens is 1. The van der Waals surface area contributed by atoms with Crippen LogP contribution in [-0.4, -0.2) is 35.1 Å². The second kappa shape index (κ2) is 6.52. The minimum Gasteiger partial charge on any atom is -0.351 e. The van der Waals surface area contributed by atoms with Crippen LogP contribution in [0, 0.1) is 0 Å². The van der Waals surface area contributed by atoms with E-state index < -0.39 is 0 Å². The average molecular weight is 329 g/mol. The van der Waals surface area contributed by atoms with E-state index in [-0.39, 0.29) is 5.56 Å². The number of hydrogen-bond donors (Lipinski definition) is 2. The number of hydrogen-bond acceptors (Lipinski definition) is 4. The molecule has 2 heterocycles. The van der Waals surface area contributed by atoms with Gasteiger partial charge in [-0.15, -0.1) is 0 Å². The zero-order valence-electron chi connectivity index (χ0n) is 11.4. The maximum atomic E-state index is 11.7. The Morgan fingerprint density at radius 3 is 2.95 bits per heavy atom. The molecule has 0 aromatic carbocycles. The molecule has 1 saturated heterocycles. The number of aromatic amines is 1. The molecular weight excluding hydrogens is 308 g/mol. The van der Waals surface area contributed by atoms with Crippen LogP contribution < -0.4 is 15.8 Å².